The second-order valence-corrected chi connectivity index (χ2v) is 4.78. The molecule has 3 heteroatoms. The van der Waals surface area contributed by atoms with Crippen LogP contribution in [0.1, 0.15) is 38.3 Å². The standard InChI is InChI=1S/C14H23ClN2/c1-3-9-17(10-4-2)14(11-16)12-5-7-13(15)8-6-12/h5-8,14H,3-4,9-11,16H2,1-2H3. The highest BCUT2D eigenvalue weighted by Crippen LogP contribution is 2.22. The first-order chi connectivity index (χ1) is 8.22. The predicted molar refractivity (Wildman–Crippen MR) is 75.4 cm³/mol. The van der Waals surface area contributed by atoms with Crippen molar-refractivity contribution in [2.75, 3.05) is 19.6 Å². The van der Waals surface area contributed by atoms with Crippen LogP contribution in [0.5, 0.6) is 0 Å². The SMILES string of the molecule is CCCN(CCC)C(CN)c1ccc(Cl)cc1. The average molecular weight is 255 g/mol. The highest BCUT2D eigenvalue weighted by Gasteiger charge is 2.17. The summed E-state index contributed by atoms with van der Waals surface area (Å²) in [5.41, 5.74) is 7.19. The monoisotopic (exact) mass is 254 g/mol. The zero-order valence-corrected chi connectivity index (χ0v) is 11.6. The van der Waals surface area contributed by atoms with Gasteiger partial charge >= 0.3 is 0 Å². The third-order valence-corrected chi connectivity index (χ3v) is 3.19. The van der Waals surface area contributed by atoms with Crippen LogP contribution in [0.2, 0.25) is 5.02 Å². The minimum absolute atomic E-state index is 0.312. The van der Waals surface area contributed by atoms with Crippen molar-refractivity contribution >= 4 is 11.6 Å². The van der Waals surface area contributed by atoms with Gasteiger partial charge in [-0.15, -0.1) is 0 Å². The molecule has 0 radical (unpaired) electrons. The number of hydrogen-bond donors (Lipinski definition) is 1. The van der Waals surface area contributed by atoms with E-state index in [1.54, 1.807) is 0 Å². The minimum Gasteiger partial charge on any atom is -0.329 e. The van der Waals surface area contributed by atoms with Gasteiger partial charge in [-0.3, -0.25) is 4.90 Å². The molecule has 0 aliphatic heterocycles. The molecule has 0 saturated carbocycles. The van der Waals surface area contributed by atoms with Crippen LogP contribution in [-0.2, 0) is 0 Å². The second-order valence-electron chi connectivity index (χ2n) is 4.34. The van der Waals surface area contributed by atoms with Gasteiger partial charge in [-0.25, -0.2) is 0 Å². The lowest BCUT2D eigenvalue weighted by Gasteiger charge is -2.30. The summed E-state index contributed by atoms with van der Waals surface area (Å²) >= 11 is 5.92. The van der Waals surface area contributed by atoms with Gasteiger partial charge in [0.15, 0.2) is 0 Å². The van der Waals surface area contributed by atoms with Crippen LogP contribution in [0.25, 0.3) is 0 Å². The Morgan fingerprint density at radius 1 is 1.12 bits per heavy atom. The summed E-state index contributed by atoms with van der Waals surface area (Å²) in [7, 11) is 0. The van der Waals surface area contributed by atoms with Crippen molar-refractivity contribution in [1.82, 2.24) is 4.90 Å². The lowest BCUT2D eigenvalue weighted by molar-refractivity contribution is 0.202. The Balaban J connectivity index is 2.83. The Morgan fingerprint density at radius 3 is 2.06 bits per heavy atom. The first-order valence-electron chi connectivity index (χ1n) is 6.42. The van der Waals surface area contributed by atoms with Crippen LogP contribution in [0.15, 0.2) is 24.3 Å². The fourth-order valence-electron chi connectivity index (χ4n) is 2.18. The maximum atomic E-state index is 5.93. The topological polar surface area (TPSA) is 29.3 Å². The molecule has 17 heavy (non-hydrogen) atoms. The van der Waals surface area contributed by atoms with E-state index in [1.807, 2.05) is 12.1 Å². The molecule has 1 rings (SSSR count). The summed E-state index contributed by atoms with van der Waals surface area (Å²) in [4.78, 5) is 2.46. The van der Waals surface area contributed by atoms with Gasteiger partial charge < -0.3 is 5.73 Å². The van der Waals surface area contributed by atoms with Crippen LogP contribution in [0.4, 0.5) is 0 Å². The third-order valence-electron chi connectivity index (χ3n) is 2.94. The summed E-state index contributed by atoms with van der Waals surface area (Å²) in [6.45, 7) is 7.26. The van der Waals surface area contributed by atoms with Gasteiger partial charge in [-0.2, -0.15) is 0 Å². The molecular weight excluding hydrogens is 232 g/mol. The normalized spacial score (nSPS) is 13.0. The van der Waals surface area contributed by atoms with E-state index in [-0.39, 0.29) is 0 Å². The number of hydrogen-bond acceptors (Lipinski definition) is 2. The van der Waals surface area contributed by atoms with Crippen molar-refractivity contribution in [3.8, 4) is 0 Å². The summed E-state index contributed by atoms with van der Waals surface area (Å²) in [5.74, 6) is 0. The molecule has 1 aromatic carbocycles. The van der Waals surface area contributed by atoms with Crippen molar-refractivity contribution in [2.45, 2.75) is 32.7 Å². The molecule has 0 amide bonds. The Bertz CT molecular complexity index is 305. The van der Waals surface area contributed by atoms with Gasteiger partial charge in [-0.1, -0.05) is 37.6 Å². The highest BCUT2D eigenvalue weighted by atomic mass is 35.5. The smallest absolute Gasteiger partial charge is 0.0470 e. The molecule has 2 nitrogen and oxygen atoms in total. The summed E-state index contributed by atoms with van der Waals surface area (Å²) in [6, 6.07) is 8.36. The van der Waals surface area contributed by atoms with Crippen LogP contribution < -0.4 is 5.73 Å². The molecule has 1 aromatic rings. The van der Waals surface area contributed by atoms with E-state index in [2.05, 4.69) is 30.9 Å². The summed E-state index contributed by atoms with van der Waals surface area (Å²) < 4.78 is 0. The van der Waals surface area contributed by atoms with Crippen LogP contribution in [0, 0.1) is 0 Å². The lowest BCUT2D eigenvalue weighted by Crippen LogP contribution is -2.35. The van der Waals surface area contributed by atoms with E-state index in [1.165, 1.54) is 5.56 Å². The Labute approximate surface area is 110 Å². The van der Waals surface area contributed by atoms with Gasteiger partial charge in [0.2, 0.25) is 0 Å². The van der Waals surface area contributed by atoms with Crippen molar-refractivity contribution in [1.29, 1.82) is 0 Å². The fraction of sp³-hybridized carbons (Fsp3) is 0.571. The molecule has 0 heterocycles. The minimum atomic E-state index is 0.312. The van der Waals surface area contributed by atoms with Crippen LogP contribution in [0.3, 0.4) is 0 Å². The zero-order valence-electron chi connectivity index (χ0n) is 10.8. The Morgan fingerprint density at radius 2 is 1.65 bits per heavy atom. The van der Waals surface area contributed by atoms with E-state index >= 15 is 0 Å². The number of halogens is 1. The first kappa shape index (κ1) is 14.5. The second kappa shape index (κ2) is 7.70. The van der Waals surface area contributed by atoms with Crippen LogP contribution in [-0.4, -0.2) is 24.5 Å². The molecule has 1 unspecified atom stereocenters. The fourth-order valence-corrected chi connectivity index (χ4v) is 2.30. The number of nitrogens with zero attached hydrogens (tertiary/aromatic N) is 1. The molecule has 0 aliphatic carbocycles. The molecule has 0 spiro atoms. The maximum absolute atomic E-state index is 5.93. The lowest BCUT2D eigenvalue weighted by atomic mass is 10.0. The van der Waals surface area contributed by atoms with Gasteiger partial charge in [0.1, 0.15) is 0 Å². The number of rotatable bonds is 7. The predicted octanol–water partition coefficient (Wildman–Crippen LogP) is 3.46. The largest absolute Gasteiger partial charge is 0.329 e. The zero-order chi connectivity index (χ0) is 12.7. The van der Waals surface area contributed by atoms with E-state index in [0.29, 0.717) is 12.6 Å². The van der Waals surface area contributed by atoms with Crippen LogP contribution >= 0.6 is 11.6 Å². The summed E-state index contributed by atoms with van der Waals surface area (Å²) in [5, 5.41) is 0.780. The quantitative estimate of drug-likeness (QED) is 0.808. The molecule has 96 valence electrons. The van der Waals surface area contributed by atoms with Crippen molar-refractivity contribution in [3.63, 3.8) is 0 Å². The van der Waals surface area contributed by atoms with E-state index < -0.39 is 0 Å². The molecular formula is C14H23ClN2. The number of nitrogens with two attached hydrogens (primary N) is 1. The third kappa shape index (κ3) is 4.30. The Hall–Kier alpha value is -0.570. The highest BCUT2D eigenvalue weighted by molar-refractivity contribution is 6.30. The molecule has 0 bridgehead atoms. The van der Waals surface area contributed by atoms with Crippen molar-refractivity contribution < 1.29 is 0 Å². The molecule has 2 N–H and O–H groups in total. The van der Waals surface area contributed by atoms with Gasteiger partial charge in [0, 0.05) is 17.6 Å². The van der Waals surface area contributed by atoms with E-state index in [9.17, 15) is 0 Å². The molecule has 1 atom stereocenters. The van der Waals surface area contributed by atoms with Gasteiger partial charge in [0.05, 0.1) is 0 Å². The van der Waals surface area contributed by atoms with E-state index in [4.69, 9.17) is 17.3 Å². The maximum Gasteiger partial charge on any atom is 0.0470 e. The molecule has 0 aromatic heterocycles. The molecule has 0 saturated heterocycles. The number of benzene rings is 1. The van der Waals surface area contributed by atoms with E-state index in [0.717, 1.165) is 31.0 Å². The first-order valence-corrected chi connectivity index (χ1v) is 6.80. The molecule has 0 fully saturated rings. The van der Waals surface area contributed by atoms with Crippen molar-refractivity contribution in [3.05, 3.63) is 34.9 Å². The van der Waals surface area contributed by atoms with Gasteiger partial charge in [-0.05, 0) is 43.6 Å². The average Bonchev–Trinajstić information content (AvgIpc) is 2.33. The van der Waals surface area contributed by atoms with Gasteiger partial charge in [0.25, 0.3) is 0 Å². The van der Waals surface area contributed by atoms with Crippen molar-refractivity contribution in [2.24, 2.45) is 5.73 Å². The molecule has 0 aliphatic rings. The Kier molecular flexibility index (Phi) is 6.56. The summed E-state index contributed by atoms with van der Waals surface area (Å²) in [6.07, 6.45) is 2.31.